The summed E-state index contributed by atoms with van der Waals surface area (Å²) in [5.74, 6) is -1.19. The molecule has 1 saturated heterocycles. The van der Waals surface area contributed by atoms with E-state index < -0.39 is 68.1 Å². The van der Waals surface area contributed by atoms with Crippen molar-refractivity contribution in [2.45, 2.75) is 75.4 Å². The van der Waals surface area contributed by atoms with Gasteiger partial charge in [-0.05, 0) is 48.9 Å². The van der Waals surface area contributed by atoms with Gasteiger partial charge in [-0.3, -0.25) is 19.1 Å². The fraction of sp³-hybridized carbons (Fsp3) is 0.472. The Hall–Kier alpha value is -4.63. The number of hydrogen-bond donors (Lipinski definition) is 3. The molecule has 2 aliphatic carbocycles. The number of sulfonamides is 1. The molecule has 16 heteroatoms. The number of nitrogens with one attached hydrogen (secondary N) is 3. The van der Waals surface area contributed by atoms with Crippen LogP contribution in [-0.4, -0.2) is 90.7 Å². The highest BCUT2D eigenvalue weighted by Gasteiger charge is 2.62. The van der Waals surface area contributed by atoms with Crippen molar-refractivity contribution in [2.24, 2.45) is 11.3 Å². The first-order chi connectivity index (χ1) is 24.6. The van der Waals surface area contributed by atoms with Gasteiger partial charge in [-0.1, -0.05) is 38.4 Å². The normalized spacial score (nSPS) is 23.3. The predicted molar refractivity (Wildman–Crippen MR) is 195 cm³/mol. The lowest BCUT2D eigenvalue weighted by Gasteiger charge is -2.36. The highest BCUT2D eigenvalue weighted by molar-refractivity contribution is 7.91. The number of methoxy groups -OCH3 is 2. The molecule has 3 heterocycles. The van der Waals surface area contributed by atoms with Crippen LogP contribution < -0.4 is 29.6 Å². The number of fused-ring (bicyclic) bond motifs is 1. The summed E-state index contributed by atoms with van der Waals surface area (Å²) in [7, 11) is -0.852. The van der Waals surface area contributed by atoms with Crippen LogP contribution in [0, 0.1) is 11.3 Å². The number of amides is 3. The van der Waals surface area contributed by atoms with Gasteiger partial charge in [0.05, 0.1) is 44.1 Å². The van der Waals surface area contributed by atoms with Crippen molar-refractivity contribution < 1.29 is 37.0 Å². The quantitative estimate of drug-likeness (QED) is 0.216. The maximum Gasteiger partial charge on any atom is 0.259 e. The molecule has 0 bridgehead atoms. The maximum atomic E-state index is 14.6. The van der Waals surface area contributed by atoms with E-state index in [9.17, 15) is 22.8 Å². The van der Waals surface area contributed by atoms with Crippen molar-refractivity contribution in [1.29, 1.82) is 0 Å². The summed E-state index contributed by atoms with van der Waals surface area (Å²) in [4.78, 5) is 52.6. The number of benzene rings is 1. The average Bonchev–Trinajstić information content (AvgIpc) is 4.03. The fourth-order valence-electron chi connectivity index (χ4n) is 6.54. The number of anilines is 1. The third-order valence-corrected chi connectivity index (χ3v) is 11.8. The zero-order chi connectivity index (χ0) is 37.6. The molecule has 2 saturated carbocycles. The number of nitrogens with zero attached hydrogens (tertiary/aromatic N) is 3. The van der Waals surface area contributed by atoms with Crippen molar-refractivity contribution >= 4 is 55.8 Å². The fourth-order valence-corrected chi connectivity index (χ4v) is 8.08. The van der Waals surface area contributed by atoms with Gasteiger partial charge in [0.25, 0.3) is 5.91 Å². The lowest BCUT2D eigenvalue weighted by molar-refractivity contribution is -0.141. The Balaban J connectivity index is 1.31. The van der Waals surface area contributed by atoms with Crippen LogP contribution in [0.4, 0.5) is 5.69 Å². The SMILES string of the molecule is C=C[C@@H]1C[C@]1(NC(=O)[C@@H]1C[C@@H](Oc2ncc(OC)c3ccc(Cl)cc23)CN1C(=O)[C@@H](Nc1ccc(OC)nc1)C(C)(C)C)C(=O)NS(=O)(=O)C1CC1. The highest BCUT2D eigenvalue weighted by atomic mass is 35.5. The van der Waals surface area contributed by atoms with E-state index in [1.54, 1.807) is 36.5 Å². The summed E-state index contributed by atoms with van der Waals surface area (Å²) in [6.07, 6.45) is 5.02. The van der Waals surface area contributed by atoms with E-state index in [1.807, 2.05) is 20.8 Å². The minimum atomic E-state index is -3.89. The summed E-state index contributed by atoms with van der Waals surface area (Å²) in [6.45, 7) is 9.48. The van der Waals surface area contributed by atoms with Gasteiger partial charge in [0.2, 0.25) is 33.6 Å². The van der Waals surface area contributed by atoms with Crippen molar-refractivity contribution in [3.8, 4) is 17.5 Å². The Morgan fingerprint density at radius 3 is 2.42 bits per heavy atom. The summed E-state index contributed by atoms with van der Waals surface area (Å²) in [6, 6.07) is 6.69. The molecule has 0 radical (unpaired) electrons. The van der Waals surface area contributed by atoms with E-state index >= 15 is 0 Å². The second kappa shape index (κ2) is 14.1. The number of pyridine rings is 2. The smallest absolute Gasteiger partial charge is 0.259 e. The summed E-state index contributed by atoms with van der Waals surface area (Å²) < 4.78 is 44.7. The predicted octanol–water partition coefficient (Wildman–Crippen LogP) is 3.84. The van der Waals surface area contributed by atoms with Gasteiger partial charge in [0.15, 0.2) is 0 Å². The highest BCUT2D eigenvalue weighted by Crippen LogP contribution is 2.46. The summed E-state index contributed by atoms with van der Waals surface area (Å²) >= 11 is 6.34. The van der Waals surface area contributed by atoms with Gasteiger partial charge in [-0.15, -0.1) is 6.58 Å². The Labute approximate surface area is 307 Å². The van der Waals surface area contributed by atoms with Crippen molar-refractivity contribution in [2.75, 3.05) is 26.1 Å². The Morgan fingerprint density at radius 2 is 1.83 bits per heavy atom. The maximum absolute atomic E-state index is 14.6. The number of carbonyl (C=O) groups is 3. The molecular weight excluding hydrogens is 712 g/mol. The van der Waals surface area contributed by atoms with Gasteiger partial charge in [0, 0.05) is 34.2 Å². The molecule has 3 N–H and O–H groups in total. The second-order valence-corrected chi connectivity index (χ2v) is 16.9. The van der Waals surface area contributed by atoms with Gasteiger partial charge >= 0.3 is 0 Å². The average molecular weight is 755 g/mol. The van der Waals surface area contributed by atoms with Gasteiger partial charge in [0.1, 0.15) is 29.5 Å². The summed E-state index contributed by atoms with van der Waals surface area (Å²) in [5, 5.41) is 7.22. The molecule has 3 aliphatic rings. The Bertz CT molecular complexity index is 2000. The van der Waals surface area contributed by atoms with Crippen LogP contribution >= 0.6 is 11.6 Å². The van der Waals surface area contributed by atoms with Crippen LogP contribution in [0.1, 0.15) is 46.5 Å². The van der Waals surface area contributed by atoms with E-state index in [0.29, 0.717) is 46.0 Å². The van der Waals surface area contributed by atoms with Crippen LogP contribution in [0.3, 0.4) is 0 Å². The number of aromatic nitrogens is 2. The van der Waals surface area contributed by atoms with Gasteiger partial charge in [-0.2, -0.15) is 0 Å². The van der Waals surface area contributed by atoms with E-state index in [0.717, 1.165) is 0 Å². The first kappa shape index (κ1) is 37.1. The van der Waals surface area contributed by atoms with Crippen molar-refractivity contribution in [3.63, 3.8) is 0 Å². The zero-order valence-electron chi connectivity index (χ0n) is 29.6. The number of likely N-dealkylation sites (tertiary alicyclic amines) is 1. The first-order valence-electron chi connectivity index (χ1n) is 17.0. The van der Waals surface area contributed by atoms with Crippen molar-refractivity contribution in [3.05, 3.63) is 60.4 Å². The lowest BCUT2D eigenvalue weighted by Crippen LogP contribution is -2.58. The molecular formula is C36H43ClN6O8S. The van der Waals surface area contributed by atoms with Gasteiger partial charge in [-0.25, -0.2) is 18.4 Å². The van der Waals surface area contributed by atoms with E-state index in [-0.39, 0.29) is 25.3 Å². The minimum absolute atomic E-state index is 0.00194. The summed E-state index contributed by atoms with van der Waals surface area (Å²) in [5.41, 5.74) is -1.62. The van der Waals surface area contributed by atoms with E-state index in [2.05, 4.69) is 31.9 Å². The molecule has 1 aromatic carbocycles. The van der Waals surface area contributed by atoms with E-state index in [1.165, 1.54) is 31.4 Å². The molecule has 2 aromatic heterocycles. The Kier molecular flexibility index (Phi) is 10.0. The topological polar surface area (TPSA) is 178 Å². The molecule has 3 aromatic rings. The molecule has 0 spiro atoms. The number of halogens is 1. The number of hydrogen-bond acceptors (Lipinski definition) is 11. The van der Waals surface area contributed by atoms with Gasteiger partial charge < -0.3 is 29.7 Å². The zero-order valence-corrected chi connectivity index (χ0v) is 31.2. The minimum Gasteiger partial charge on any atom is -0.494 e. The largest absolute Gasteiger partial charge is 0.494 e. The number of carbonyl (C=O) groups excluding carboxylic acids is 3. The third kappa shape index (κ3) is 7.47. The molecule has 14 nitrogen and oxygen atoms in total. The molecule has 278 valence electrons. The molecule has 6 rings (SSSR count). The number of rotatable bonds is 13. The standard InChI is InChI=1S/C36H43ClN6O8S/c1-7-20-16-36(20,34(46)42-52(47,48)24-10-11-24)41-31(44)27-15-23(51-32-26-14-21(37)8-12-25(26)28(49-5)18-39-32)19-43(27)33(45)30(35(2,3)4)40-22-9-13-29(50-6)38-17-22/h7-9,12-14,17-18,20,23-24,27,30,40H,1,10-11,15-16,19H2,2-6H3,(H,41,44)(H,42,46)/t20-,23-,27+,30-,36-/m1/s1. The molecule has 3 fully saturated rings. The first-order valence-corrected chi connectivity index (χ1v) is 18.9. The lowest BCUT2D eigenvalue weighted by atomic mass is 9.85. The van der Waals surface area contributed by atoms with Crippen LogP contribution in [0.2, 0.25) is 5.02 Å². The van der Waals surface area contributed by atoms with Crippen LogP contribution in [0.5, 0.6) is 17.5 Å². The number of ether oxygens (including phenoxy) is 3. The van der Waals surface area contributed by atoms with Crippen molar-refractivity contribution in [1.82, 2.24) is 24.9 Å². The van der Waals surface area contributed by atoms with Crippen LogP contribution in [0.25, 0.3) is 10.8 Å². The monoisotopic (exact) mass is 754 g/mol. The third-order valence-electron chi connectivity index (χ3n) is 9.74. The van der Waals surface area contributed by atoms with Crippen LogP contribution in [-0.2, 0) is 24.4 Å². The molecule has 5 atom stereocenters. The van der Waals surface area contributed by atoms with Crippen LogP contribution in [0.15, 0.2) is 55.4 Å². The molecule has 3 amide bonds. The molecule has 1 aliphatic heterocycles. The Morgan fingerprint density at radius 1 is 1.08 bits per heavy atom. The second-order valence-electron chi connectivity index (χ2n) is 14.5. The van der Waals surface area contributed by atoms with E-state index in [4.69, 9.17) is 25.8 Å². The molecule has 0 unspecified atom stereocenters. The molecule has 52 heavy (non-hydrogen) atoms.